The molecule has 1 aromatic rings. The third-order valence-corrected chi connectivity index (χ3v) is 3.04. The van der Waals surface area contributed by atoms with Crippen LogP contribution in [0.15, 0.2) is 24.3 Å². The van der Waals surface area contributed by atoms with Gasteiger partial charge in [0.15, 0.2) is 0 Å². The molecular weight excluding hydrogens is 202 g/mol. The second-order valence-electron chi connectivity index (χ2n) is 4.40. The molecule has 0 amide bonds. The van der Waals surface area contributed by atoms with E-state index in [-0.39, 0.29) is 0 Å². The molecule has 0 saturated heterocycles. The summed E-state index contributed by atoms with van der Waals surface area (Å²) in [6.07, 6.45) is 1.29. The molecule has 16 heavy (non-hydrogen) atoms. The molecule has 0 aliphatic carbocycles. The van der Waals surface area contributed by atoms with Crippen LogP contribution in [0.3, 0.4) is 0 Å². The fraction of sp³-hybridized carbons (Fsp3) is 0.462. The molecule has 1 unspecified atom stereocenters. The normalized spacial score (nSPS) is 14.4. The number of carbonyl (C=O) groups is 1. The fourth-order valence-electron chi connectivity index (χ4n) is 1.75. The third kappa shape index (κ3) is 2.61. The minimum Gasteiger partial charge on any atom is -0.481 e. The van der Waals surface area contributed by atoms with E-state index in [0.717, 1.165) is 17.5 Å². The standard InChI is InChI=1S/C13H19NO2/c1-10-4-6-11(7-5-10)13(2,12(15)16)8-3-9-14/h4-7H,3,8-9,14H2,1-2H3,(H,15,16). The minimum atomic E-state index is -0.826. The quantitative estimate of drug-likeness (QED) is 0.800. The largest absolute Gasteiger partial charge is 0.481 e. The van der Waals surface area contributed by atoms with Crippen molar-refractivity contribution in [2.24, 2.45) is 5.73 Å². The van der Waals surface area contributed by atoms with E-state index >= 15 is 0 Å². The maximum Gasteiger partial charge on any atom is 0.313 e. The molecule has 0 saturated carbocycles. The molecule has 1 rings (SSSR count). The second kappa shape index (κ2) is 5.12. The van der Waals surface area contributed by atoms with E-state index in [0.29, 0.717) is 13.0 Å². The first-order chi connectivity index (χ1) is 7.50. The number of benzene rings is 1. The Balaban J connectivity index is 3.01. The van der Waals surface area contributed by atoms with Crippen molar-refractivity contribution in [1.29, 1.82) is 0 Å². The van der Waals surface area contributed by atoms with Crippen molar-refractivity contribution in [3.63, 3.8) is 0 Å². The lowest BCUT2D eigenvalue weighted by molar-refractivity contribution is -0.143. The van der Waals surface area contributed by atoms with Gasteiger partial charge in [-0.2, -0.15) is 0 Å². The summed E-state index contributed by atoms with van der Waals surface area (Å²) in [5, 5.41) is 9.34. The van der Waals surface area contributed by atoms with Crippen LogP contribution in [0.1, 0.15) is 30.9 Å². The summed E-state index contributed by atoms with van der Waals surface area (Å²) in [4.78, 5) is 11.4. The van der Waals surface area contributed by atoms with E-state index in [1.807, 2.05) is 31.2 Å². The van der Waals surface area contributed by atoms with Gasteiger partial charge < -0.3 is 10.8 Å². The minimum absolute atomic E-state index is 0.523. The van der Waals surface area contributed by atoms with Crippen LogP contribution in [0.2, 0.25) is 0 Å². The summed E-state index contributed by atoms with van der Waals surface area (Å²) in [5.74, 6) is -0.787. The zero-order valence-corrected chi connectivity index (χ0v) is 9.86. The van der Waals surface area contributed by atoms with Crippen molar-refractivity contribution in [2.45, 2.75) is 32.1 Å². The lowest BCUT2D eigenvalue weighted by Gasteiger charge is -2.25. The van der Waals surface area contributed by atoms with Crippen molar-refractivity contribution in [3.05, 3.63) is 35.4 Å². The van der Waals surface area contributed by atoms with Crippen LogP contribution in [-0.4, -0.2) is 17.6 Å². The van der Waals surface area contributed by atoms with E-state index in [2.05, 4.69) is 0 Å². The molecule has 0 aliphatic rings. The van der Waals surface area contributed by atoms with Crippen molar-refractivity contribution < 1.29 is 9.90 Å². The molecule has 0 heterocycles. The van der Waals surface area contributed by atoms with Crippen LogP contribution in [0.4, 0.5) is 0 Å². The van der Waals surface area contributed by atoms with Crippen LogP contribution in [0.25, 0.3) is 0 Å². The Bertz CT molecular complexity index is 359. The highest BCUT2D eigenvalue weighted by Gasteiger charge is 2.34. The van der Waals surface area contributed by atoms with Gasteiger partial charge in [-0.3, -0.25) is 4.79 Å². The molecule has 0 spiro atoms. The smallest absolute Gasteiger partial charge is 0.313 e. The van der Waals surface area contributed by atoms with E-state index < -0.39 is 11.4 Å². The van der Waals surface area contributed by atoms with Crippen LogP contribution >= 0.6 is 0 Å². The average molecular weight is 221 g/mol. The van der Waals surface area contributed by atoms with Crippen molar-refractivity contribution >= 4 is 5.97 Å². The van der Waals surface area contributed by atoms with Gasteiger partial charge in [0.2, 0.25) is 0 Å². The van der Waals surface area contributed by atoms with E-state index in [1.54, 1.807) is 6.92 Å². The summed E-state index contributed by atoms with van der Waals surface area (Å²) >= 11 is 0. The van der Waals surface area contributed by atoms with E-state index in [1.165, 1.54) is 0 Å². The number of aryl methyl sites for hydroxylation is 1. The SMILES string of the molecule is Cc1ccc(C(C)(CCCN)C(=O)O)cc1. The van der Waals surface area contributed by atoms with Gasteiger partial charge in [-0.25, -0.2) is 0 Å². The Hall–Kier alpha value is -1.35. The molecule has 3 heteroatoms. The van der Waals surface area contributed by atoms with Gasteiger partial charge in [0.1, 0.15) is 0 Å². The topological polar surface area (TPSA) is 63.3 Å². The summed E-state index contributed by atoms with van der Waals surface area (Å²) < 4.78 is 0. The Labute approximate surface area is 96.3 Å². The van der Waals surface area contributed by atoms with E-state index in [4.69, 9.17) is 5.73 Å². The highest BCUT2D eigenvalue weighted by atomic mass is 16.4. The van der Waals surface area contributed by atoms with Crippen LogP contribution < -0.4 is 5.73 Å². The van der Waals surface area contributed by atoms with Gasteiger partial charge in [0.25, 0.3) is 0 Å². The highest BCUT2D eigenvalue weighted by molar-refractivity contribution is 5.80. The number of rotatable bonds is 5. The van der Waals surface area contributed by atoms with Gasteiger partial charge >= 0.3 is 5.97 Å². The van der Waals surface area contributed by atoms with Crippen molar-refractivity contribution in [2.75, 3.05) is 6.54 Å². The summed E-state index contributed by atoms with van der Waals surface area (Å²) in [5.41, 5.74) is 6.60. The third-order valence-electron chi connectivity index (χ3n) is 3.04. The highest BCUT2D eigenvalue weighted by Crippen LogP contribution is 2.29. The maximum atomic E-state index is 11.4. The first-order valence-electron chi connectivity index (χ1n) is 5.51. The maximum absolute atomic E-state index is 11.4. The molecule has 3 nitrogen and oxygen atoms in total. The van der Waals surface area contributed by atoms with Gasteiger partial charge in [0, 0.05) is 0 Å². The summed E-state index contributed by atoms with van der Waals surface area (Å²) in [6.45, 7) is 4.27. The zero-order valence-electron chi connectivity index (χ0n) is 9.86. The molecule has 0 aliphatic heterocycles. The molecule has 0 aromatic heterocycles. The van der Waals surface area contributed by atoms with Crippen LogP contribution in [0.5, 0.6) is 0 Å². The number of aliphatic carboxylic acids is 1. The van der Waals surface area contributed by atoms with Gasteiger partial charge in [-0.1, -0.05) is 29.8 Å². The molecule has 3 N–H and O–H groups in total. The second-order valence-corrected chi connectivity index (χ2v) is 4.40. The number of carboxylic acid groups (broad SMARTS) is 1. The average Bonchev–Trinajstić information content (AvgIpc) is 2.26. The fourth-order valence-corrected chi connectivity index (χ4v) is 1.75. The summed E-state index contributed by atoms with van der Waals surface area (Å²) in [7, 11) is 0. The molecule has 0 bridgehead atoms. The van der Waals surface area contributed by atoms with E-state index in [9.17, 15) is 9.90 Å². The van der Waals surface area contributed by atoms with Crippen LogP contribution in [0, 0.1) is 6.92 Å². The number of nitrogens with two attached hydrogens (primary N) is 1. The lowest BCUT2D eigenvalue weighted by Crippen LogP contribution is -2.33. The van der Waals surface area contributed by atoms with Gasteiger partial charge in [-0.15, -0.1) is 0 Å². The molecule has 0 fully saturated rings. The monoisotopic (exact) mass is 221 g/mol. The first-order valence-corrected chi connectivity index (χ1v) is 5.51. The molecule has 1 atom stereocenters. The molecule has 1 aromatic carbocycles. The Morgan fingerprint density at radius 1 is 1.38 bits per heavy atom. The van der Waals surface area contributed by atoms with Crippen molar-refractivity contribution in [1.82, 2.24) is 0 Å². The first kappa shape index (κ1) is 12.7. The van der Waals surface area contributed by atoms with Crippen LogP contribution in [-0.2, 0) is 10.2 Å². The Morgan fingerprint density at radius 3 is 2.38 bits per heavy atom. The summed E-state index contributed by atoms with van der Waals surface area (Å²) in [6, 6.07) is 7.66. The zero-order chi connectivity index (χ0) is 12.2. The molecular formula is C13H19NO2. The number of hydrogen-bond acceptors (Lipinski definition) is 2. The Morgan fingerprint density at radius 2 is 1.94 bits per heavy atom. The lowest BCUT2D eigenvalue weighted by atomic mass is 9.78. The number of carboxylic acids is 1. The van der Waals surface area contributed by atoms with Crippen molar-refractivity contribution in [3.8, 4) is 0 Å². The predicted molar refractivity (Wildman–Crippen MR) is 64.5 cm³/mol. The molecule has 88 valence electrons. The predicted octanol–water partition coefficient (Wildman–Crippen LogP) is 2.08. The van der Waals surface area contributed by atoms with Gasteiger partial charge in [0.05, 0.1) is 5.41 Å². The van der Waals surface area contributed by atoms with Gasteiger partial charge in [-0.05, 0) is 38.8 Å². The Kier molecular flexibility index (Phi) is 4.07. The number of hydrogen-bond donors (Lipinski definition) is 2. The molecule has 0 radical (unpaired) electrons.